The van der Waals surface area contributed by atoms with E-state index < -0.39 is 6.29 Å². The Bertz CT molecular complexity index is 1180. The van der Waals surface area contributed by atoms with Gasteiger partial charge >= 0.3 is 0 Å². The van der Waals surface area contributed by atoms with Crippen LogP contribution in [0.15, 0.2) is 55.1 Å². The van der Waals surface area contributed by atoms with E-state index in [0.29, 0.717) is 30.1 Å². The molecule has 0 aromatic heterocycles. The maximum atomic E-state index is 13.5. The molecule has 3 heterocycles. The van der Waals surface area contributed by atoms with E-state index in [4.69, 9.17) is 4.74 Å². The second-order valence-electron chi connectivity index (χ2n) is 9.67. The molecule has 3 unspecified atom stereocenters. The van der Waals surface area contributed by atoms with E-state index in [1.54, 1.807) is 13.0 Å². The summed E-state index contributed by atoms with van der Waals surface area (Å²) < 4.78 is 5.46. The van der Waals surface area contributed by atoms with Crippen molar-refractivity contribution in [3.05, 3.63) is 71.8 Å². The number of carbonyl (C=O) groups is 3. The molecule has 1 N–H and O–H groups in total. The Morgan fingerprint density at radius 1 is 1.14 bits per heavy atom. The van der Waals surface area contributed by atoms with Gasteiger partial charge in [0.1, 0.15) is 6.10 Å². The number of carbonyl (C=O) groups excluding carboxylic acids is 3. The van der Waals surface area contributed by atoms with Crippen molar-refractivity contribution in [2.75, 3.05) is 26.2 Å². The van der Waals surface area contributed by atoms with E-state index in [1.807, 2.05) is 46.2 Å². The van der Waals surface area contributed by atoms with Crippen molar-refractivity contribution in [1.29, 1.82) is 0 Å². The molecular weight excluding hydrogens is 444 g/mol. The third kappa shape index (κ3) is 4.54. The summed E-state index contributed by atoms with van der Waals surface area (Å²) in [6.07, 6.45) is 1.85. The molecular formula is C28H30N2O5. The number of hydrogen-bond acceptors (Lipinski definition) is 5. The molecule has 2 aromatic rings. The van der Waals surface area contributed by atoms with Crippen LogP contribution in [0.25, 0.3) is 11.1 Å². The monoisotopic (exact) mass is 474 g/mol. The van der Waals surface area contributed by atoms with Gasteiger partial charge in [-0.15, -0.1) is 0 Å². The summed E-state index contributed by atoms with van der Waals surface area (Å²) in [5.74, 6) is 0.0879. The molecule has 0 aliphatic carbocycles. The van der Waals surface area contributed by atoms with Crippen LogP contribution in [0.1, 0.15) is 52.0 Å². The van der Waals surface area contributed by atoms with Crippen molar-refractivity contribution in [1.82, 2.24) is 9.80 Å². The molecule has 7 nitrogen and oxygen atoms in total. The van der Waals surface area contributed by atoms with E-state index in [1.165, 1.54) is 6.08 Å². The summed E-state index contributed by atoms with van der Waals surface area (Å²) >= 11 is 0. The van der Waals surface area contributed by atoms with Gasteiger partial charge in [0, 0.05) is 50.1 Å². The van der Waals surface area contributed by atoms with Gasteiger partial charge in [0.05, 0.1) is 0 Å². The van der Waals surface area contributed by atoms with Crippen LogP contribution in [0.2, 0.25) is 0 Å². The van der Waals surface area contributed by atoms with Gasteiger partial charge in [-0.3, -0.25) is 14.4 Å². The maximum Gasteiger partial charge on any atom is 0.254 e. The molecule has 0 spiro atoms. The molecule has 2 amide bonds. The van der Waals surface area contributed by atoms with E-state index in [0.717, 1.165) is 42.6 Å². The number of aliphatic hydroxyl groups is 1. The molecule has 2 saturated heterocycles. The summed E-state index contributed by atoms with van der Waals surface area (Å²) in [6.45, 7) is 7.74. The Hall–Kier alpha value is -3.29. The number of aliphatic hydroxyl groups excluding tert-OH is 1. The SMILES string of the molecule is C=CC(=O)c1ccccc1-c1ccc2c(c1)C(C1OC1O)CN(CC1CCN(C(C)=O)CC1)C2=O. The summed E-state index contributed by atoms with van der Waals surface area (Å²) in [5, 5.41) is 10.1. The van der Waals surface area contributed by atoms with Gasteiger partial charge in [-0.2, -0.15) is 0 Å². The van der Waals surface area contributed by atoms with Gasteiger partial charge in [0.15, 0.2) is 12.1 Å². The van der Waals surface area contributed by atoms with Gasteiger partial charge < -0.3 is 19.6 Å². The lowest BCUT2D eigenvalue weighted by Gasteiger charge is -2.38. The maximum absolute atomic E-state index is 13.5. The van der Waals surface area contributed by atoms with Gasteiger partial charge in [-0.05, 0) is 53.7 Å². The van der Waals surface area contributed by atoms with Crippen LogP contribution in [-0.4, -0.2) is 71.1 Å². The number of nitrogens with zero attached hydrogens (tertiary/aromatic N) is 2. The van der Waals surface area contributed by atoms with Crippen molar-refractivity contribution in [2.45, 2.75) is 38.1 Å². The van der Waals surface area contributed by atoms with Crippen molar-refractivity contribution in [3.8, 4) is 11.1 Å². The lowest BCUT2D eigenvalue weighted by Crippen LogP contribution is -2.46. The number of piperidine rings is 1. The first-order chi connectivity index (χ1) is 16.9. The van der Waals surface area contributed by atoms with Crippen LogP contribution in [0, 0.1) is 5.92 Å². The van der Waals surface area contributed by atoms with Crippen molar-refractivity contribution >= 4 is 17.6 Å². The van der Waals surface area contributed by atoms with Crippen molar-refractivity contribution in [2.24, 2.45) is 5.92 Å². The topological polar surface area (TPSA) is 90.4 Å². The van der Waals surface area contributed by atoms with Crippen LogP contribution in [0.3, 0.4) is 0 Å². The number of amides is 2. The largest absolute Gasteiger partial charge is 0.366 e. The highest BCUT2D eigenvalue weighted by atomic mass is 16.7. The Balaban J connectivity index is 1.43. The molecule has 3 aliphatic rings. The quantitative estimate of drug-likeness (QED) is 0.394. The number of benzene rings is 2. The standard InChI is InChI=1S/C28H30N2O5/c1-3-25(32)21-7-5-4-6-20(21)19-8-9-22-23(14-19)24(26-28(34)35-26)16-30(27(22)33)15-18-10-12-29(13-11-18)17(2)31/h3-9,14,18,24,26,28,34H,1,10-13,15-16H2,2H3. The Kier molecular flexibility index (Phi) is 6.30. The van der Waals surface area contributed by atoms with Crippen molar-refractivity contribution < 1.29 is 24.2 Å². The summed E-state index contributed by atoms with van der Waals surface area (Å²) in [5.41, 5.74) is 3.64. The third-order valence-electron chi connectivity index (χ3n) is 7.51. The molecule has 0 bridgehead atoms. The van der Waals surface area contributed by atoms with Gasteiger partial charge in [0.25, 0.3) is 5.91 Å². The molecule has 3 aliphatic heterocycles. The fourth-order valence-corrected chi connectivity index (χ4v) is 5.47. The minimum atomic E-state index is -0.833. The predicted octanol–water partition coefficient (Wildman–Crippen LogP) is 3.24. The highest BCUT2D eigenvalue weighted by Gasteiger charge is 2.48. The van der Waals surface area contributed by atoms with Crippen LogP contribution in [0.5, 0.6) is 0 Å². The number of rotatable bonds is 6. The first kappa shape index (κ1) is 23.5. The Morgan fingerprint density at radius 3 is 2.51 bits per heavy atom. The molecule has 182 valence electrons. The van der Waals surface area contributed by atoms with Gasteiger partial charge in [0.2, 0.25) is 5.91 Å². The van der Waals surface area contributed by atoms with E-state index in [2.05, 4.69) is 6.58 Å². The van der Waals surface area contributed by atoms with Crippen LogP contribution >= 0.6 is 0 Å². The van der Waals surface area contributed by atoms with E-state index in [-0.39, 0.29) is 29.6 Å². The minimum Gasteiger partial charge on any atom is -0.366 e. The third-order valence-corrected chi connectivity index (χ3v) is 7.51. The lowest BCUT2D eigenvalue weighted by molar-refractivity contribution is -0.130. The zero-order chi connectivity index (χ0) is 24.7. The number of allylic oxidation sites excluding steroid dienone is 1. The highest BCUT2D eigenvalue weighted by molar-refractivity contribution is 6.09. The molecule has 0 radical (unpaired) electrons. The summed E-state index contributed by atoms with van der Waals surface area (Å²) in [7, 11) is 0. The average Bonchev–Trinajstić information content (AvgIpc) is 3.61. The average molecular weight is 475 g/mol. The second-order valence-corrected chi connectivity index (χ2v) is 9.67. The van der Waals surface area contributed by atoms with Crippen LogP contribution in [0.4, 0.5) is 0 Å². The van der Waals surface area contributed by atoms with Gasteiger partial charge in [-0.25, -0.2) is 0 Å². The molecule has 2 aromatic carbocycles. The number of epoxide rings is 1. The summed E-state index contributed by atoms with van der Waals surface area (Å²) in [6, 6.07) is 13.0. The van der Waals surface area contributed by atoms with Crippen LogP contribution in [-0.2, 0) is 9.53 Å². The Labute approximate surface area is 205 Å². The minimum absolute atomic E-state index is 0.0256. The van der Waals surface area contributed by atoms with E-state index in [9.17, 15) is 19.5 Å². The smallest absolute Gasteiger partial charge is 0.254 e. The normalized spacial score (nSPS) is 24.2. The number of likely N-dealkylation sites (tertiary alicyclic amines) is 1. The first-order valence-electron chi connectivity index (χ1n) is 12.2. The lowest BCUT2D eigenvalue weighted by atomic mass is 9.83. The summed E-state index contributed by atoms with van der Waals surface area (Å²) in [4.78, 5) is 41.3. The molecule has 3 atom stereocenters. The zero-order valence-corrected chi connectivity index (χ0v) is 19.9. The van der Waals surface area contributed by atoms with E-state index >= 15 is 0 Å². The number of hydrogen-bond donors (Lipinski definition) is 1. The number of ether oxygens (including phenoxy) is 1. The number of ketones is 1. The zero-order valence-electron chi connectivity index (χ0n) is 19.9. The van der Waals surface area contributed by atoms with Crippen molar-refractivity contribution in [3.63, 3.8) is 0 Å². The second kappa shape index (κ2) is 9.40. The van der Waals surface area contributed by atoms with Crippen LogP contribution < -0.4 is 0 Å². The molecule has 0 saturated carbocycles. The first-order valence-corrected chi connectivity index (χ1v) is 12.2. The predicted molar refractivity (Wildman–Crippen MR) is 131 cm³/mol. The number of fused-ring (bicyclic) bond motifs is 1. The molecule has 5 rings (SSSR count). The fraction of sp³-hybridized carbons (Fsp3) is 0.393. The molecule has 7 heteroatoms. The molecule has 2 fully saturated rings. The fourth-order valence-electron chi connectivity index (χ4n) is 5.47. The highest BCUT2D eigenvalue weighted by Crippen LogP contribution is 2.42. The van der Waals surface area contributed by atoms with Gasteiger partial charge in [-0.1, -0.05) is 36.9 Å². The molecule has 35 heavy (non-hydrogen) atoms. The Morgan fingerprint density at radius 2 is 1.86 bits per heavy atom.